The molecule has 2 aromatic carbocycles. The van der Waals surface area contributed by atoms with E-state index in [0.717, 1.165) is 49.6 Å². The average molecular weight is 467 g/mol. The van der Waals surface area contributed by atoms with Crippen molar-refractivity contribution in [1.29, 1.82) is 0 Å². The normalized spacial score (nSPS) is 14.5. The second kappa shape index (κ2) is 10.9. The Balaban J connectivity index is 1.19. The average Bonchev–Trinajstić information content (AvgIpc) is 3.26. The van der Waals surface area contributed by atoms with Gasteiger partial charge >= 0.3 is 0 Å². The highest BCUT2D eigenvalue weighted by Crippen LogP contribution is 2.22. The highest BCUT2D eigenvalue weighted by molar-refractivity contribution is 7.99. The quantitative estimate of drug-likeness (QED) is 0.465. The van der Waals surface area contributed by atoms with E-state index in [4.69, 9.17) is 9.15 Å². The van der Waals surface area contributed by atoms with Crippen LogP contribution in [0.5, 0.6) is 5.75 Å². The number of carbonyl (C=O) groups is 1. The number of nitrogens with zero attached hydrogens (tertiary/aromatic N) is 4. The van der Waals surface area contributed by atoms with E-state index in [1.54, 1.807) is 0 Å². The summed E-state index contributed by atoms with van der Waals surface area (Å²) in [5.74, 6) is 1.59. The maximum Gasteiger partial charge on any atom is 0.277 e. The van der Waals surface area contributed by atoms with E-state index in [9.17, 15) is 4.79 Å². The summed E-state index contributed by atoms with van der Waals surface area (Å²) in [5.41, 5.74) is 4.78. The van der Waals surface area contributed by atoms with Crippen LogP contribution in [-0.4, -0.2) is 57.8 Å². The van der Waals surface area contributed by atoms with Gasteiger partial charge in [0.15, 0.2) is 6.61 Å². The first-order valence-corrected chi connectivity index (χ1v) is 12.2. The van der Waals surface area contributed by atoms with Gasteiger partial charge in [-0.25, -0.2) is 0 Å². The zero-order valence-electron chi connectivity index (χ0n) is 19.4. The largest absolute Gasteiger partial charge is 0.484 e. The third-order valence-electron chi connectivity index (χ3n) is 5.68. The number of amides is 1. The van der Waals surface area contributed by atoms with Gasteiger partial charge in [-0.3, -0.25) is 9.69 Å². The summed E-state index contributed by atoms with van der Waals surface area (Å²) in [5, 5.41) is 8.46. The molecular weight excluding hydrogens is 436 g/mol. The summed E-state index contributed by atoms with van der Waals surface area (Å²) in [6, 6.07) is 14.6. The SMILES string of the molecule is Cc1cccc(CN2CCN(C(=O)CSc3nnc(COc4cc(C)ccc4C)o3)CC2)c1. The monoisotopic (exact) mass is 466 g/mol. The Labute approximate surface area is 199 Å². The first kappa shape index (κ1) is 23.3. The molecule has 1 amide bonds. The molecule has 0 spiro atoms. The second-order valence-electron chi connectivity index (χ2n) is 8.45. The number of aromatic nitrogens is 2. The number of ether oxygens (including phenoxy) is 1. The number of hydrogen-bond acceptors (Lipinski definition) is 7. The fraction of sp³-hybridized carbons (Fsp3) is 0.400. The molecule has 0 radical (unpaired) electrons. The second-order valence-corrected chi connectivity index (χ2v) is 9.38. The Morgan fingerprint density at radius 2 is 1.82 bits per heavy atom. The molecular formula is C25H30N4O3S. The summed E-state index contributed by atoms with van der Waals surface area (Å²) in [6.45, 7) is 10.5. The van der Waals surface area contributed by atoms with Crippen LogP contribution in [0.2, 0.25) is 0 Å². The molecule has 2 heterocycles. The van der Waals surface area contributed by atoms with Crippen LogP contribution in [0.1, 0.15) is 28.1 Å². The van der Waals surface area contributed by atoms with Crippen molar-refractivity contribution in [3.8, 4) is 5.75 Å². The van der Waals surface area contributed by atoms with Crippen molar-refractivity contribution in [3.05, 3.63) is 70.6 Å². The molecule has 8 heteroatoms. The standard InChI is InChI=1S/C25H30N4O3S/c1-18-5-4-6-21(13-18)15-28-9-11-29(12-10-28)24(30)17-33-25-27-26-23(32-25)16-31-22-14-19(2)7-8-20(22)3/h4-8,13-14H,9-12,15-17H2,1-3H3. The smallest absolute Gasteiger partial charge is 0.277 e. The van der Waals surface area contributed by atoms with Crippen LogP contribution in [-0.2, 0) is 17.9 Å². The number of thioether (sulfide) groups is 1. The Morgan fingerprint density at radius 3 is 2.61 bits per heavy atom. The van der Waals surface area contributed by atoms with Gasteiger partial charge in [-0.2, -0.15) is 0 Å². The molecule has 1 fully saturated rings. The summed E-state index contributed by atoms with van der Waals surface area (Å²) in [6.07, 6.45) is 0. The van der Waals surface area contributed by atoms with Gasteiger partial charge in [-0.15, -0.1) is 10.2 Å². The predicted octanol–water partition coefficient (Wildman–Crippen LogP) is 4.01. The van der Waals surface area contributed by atoms with E-state index >= 15 is 0 Å². The van der Waals surface area contributed by atoms with Gasteiger partial charge < -0.3 is 14.1 Å². The van der Waals surface area contributed by atoms with Crippen molar-refractivity contribution in [2.45, 2.75) is 39.1 Å². The molecule has 0 saturated carbocycles. The molecule has 3 aromatic rings. The van der Waals surface area contributed by atoms with Crippen molar-refractivity contribution >= 4 is 17.7 Å². The van der Waals surface area contributed by atoms with Crippen LogP contribution in [0.4, 0.5) is 0 Å². The van der Waals surface area contributed by atoms with Gasteiger partial charge in [0.05, 0.1) is 5.75 Å². The Hall–Kier alpha value is -2.84. The maximum absolute atomic E-state index is 12.6. The van der Waals surface area contributed by atoms with Crippen molar-refractivity contribution in [2.24, 2.45) is 0 Å². The number of hydrogen-bond donors (Lipinski definition) is 0. The highest BCUT2D eigenvalue weighted by Gasteiger charge is 2.22. The number of rotatable bonds is 8. The van der Waals surface area contributed by atoms with Crippen LogP contribution in [0.25, 0.3) is 0 Å². The van der Waals surface area contributed by atoms with Crippen molar-refractivity contribution in [2.75, 3.05) is 31.9 Å². The van der Waals surface area contributed by atoms with E-state index in [-0.39, 0.29) is 18.3 Å². The molecule has 33 heavy (non-hydrogen) atoms. The molecule has 1 aliphatic heterocycles. The van der Waals surface area contributed by atoms with Crippen LogP contribution in [0.15, 0.2) is 52.1 Å². The molecule has 0 N–H and O–H groups in total. The van der Waals surface area contributed by atoms with Crippen LogP contribution >= 0.6 is 11.8 Å². The Bertz CT molecular complexity index is 1090. The lowest BCUT2D eigenvalue weighted by molar-refractivity contribution is -0.130. The lowest BCUT2D eigenvalue weighted by Gasteiger charge is -2.34. The van der Waals surface area contributed by atoms with E-state index < -0.39 is 0 Å². The van der Waals surface area contributed by atoms with Crippen molar-refractivity contribution < 1.29 is 13.9 Å². The number of piperazine rings is 1. The predicted molar refractivity (Wildman–Crippen MR) is 128 cm³/mol. The summed E-state index contributed by atoms with van der Waals surface area (Å²) in [7, 11) is 0. The molecule has 7 nitrogen and oxygen atoms in total. The van der Waals surface area contributed by atoms with E-state index in [2.05, 4.69) is 46.3 Å². The number of benzene rings is 2. The molecule has 4 rings (SSSR count). The Kier molecular flexibility index (Phi) is 7.67. The highest BCUT2D eigenvalue weighted by atomic mass is 32.2. The molecule has 174 valence electrons. The minimum Gasteiger partial charge on any atom is -0.484 e. The molecule has 0 bridgehead atoms. The van der Waals surface area contributed by atoms with Crippen molar-refractivity contribution in [3.63, 3.8) is 0 Å². The molecule has 1 aromatic heterocycles. The van der Waals surface area contributed by atoms with Gasteiger partial charge in [0.25, 0.3) is 11.1 Å². The summed E-state index contributed by atoms with van der Waals surface area (Å²) < 4.78 is 11.5. The van der Waals surface area contributed by atoms with Gasteiger partial charge in [0.2, 0.25) is 5.91 Å². The fourth-order valence-electron chi connectivity index (χ4n) is 3.80. The maximum atomic E-state index is 12.6. The van der Waals surface area contributed by atoms with E-state index in [1.165, 1.54) is 22.9 Å². The van der Waals surface area contributed by atoms with Crippen LogP contribution < -0.4 is 4.74 Å². The first-order chi connectivity index (χ1) is 16.0. The Morgan fingerprint density at radius 1 is 1.03 bits per heavy atom. The van der Waals surface area contributed by atoms with Gasteiger partial charge in [0, 0.05) is 32.7 Å². The topological polar surface area (TPSA) is 71.7 Å². The number of aryl methyl sites for hydroxylation is 3. The molecule has 0 aliphatic carbocycles. The van der Waals surface area contributed by atoms with E-state index in [0.29, 0.717) is 11.1 Å². The minimum absolute atomic E-state index is 0.0987. The zero-order chi connectivity index (χ0) is 23.2. The minimum atomic E-state index is 0.0987. The summed E-state index contributed by atoms with van der Waals surface area (Å²) in [4.78, 5) is 17.0. The lowest BCUT2D eigenvalue weighted by Crippen LogP contribution is -2.48. The molecule has 1 saturated heterocycles. The lowest BCUT2D eigenvalue weighted by atomic mass is 10.1. The van der Waals surface area contributed by atoms with Gasteiger partial charge in [-0.1, -0.05) is 53.7 Å². The zero-order valence-corrected chi connectivity index (χ0v) is 20.2. The van der Waals surface area contributed by atoms with Crippen LogP contribution in [0, 0.1) is 20.8 Å². The fourth-order valence-corrected chi connectivity index (χ4v) is 4.48. The van der Waals surface area contributed by atoms with Crippen LogP contribution in [0.3, 0.4) is 0 Å². The van der Waals surface area contributed by atoms with Crippen molar-refractivity contribution in [1.82, 2.24) is 20.0 Å². The summed E-state index contributed by atoms with van der Waals surface area (Å²) >= 11 is 1.27. The van der Waals surface area contributed by atoms with E-state index in [1.807, 2.05) is 36.9 Å². The molecule has 0 atom stereocenters. The van der Waals surface area contributed by atoms with Gasteiger partial charge in [0.1, 0.15) is 5.75 Å². The molecule has 0 unspecified atom stereocenters. The molecule has 1 aliphatic rings. The third-order valence-corrected chi connectivity index (χ3v) is 6.48. The number of carbonyl (C=O) groups excluding carboxylic acids is 1. The van der Waals surface area contributed by atoms with Gasteiger partial charge in [-0.05, 0) is 43.5 Å². The first-order valence-electron chi connectivity index (χ1n) is 11.2. The third kappa shape index (κ3) is 6.58.